The van der Waals surface area contributed by atoms with Crippen LogP contribution in [0.2, 0.25) is 0 Å². The zero-order chi connectivity index (χ0) is 10.4. The molecule has 0 bridgehead atoms. The summed E-state index contributed by atoms with van der Waals surface area (Å²) in [6, 6.07) is 0. The van der Waals surface area contributed by atoms with E-state index in [0.717, 1.165) is 18.3 Å². The maximum absolute atomic E-state index is 5.73. The lowest BCUT2D eigenvalue weighted by Crippen LogP contribution is -2.36. The van der Waals surface area contributed by atoms with Crippen molar-refractivity contribution in [2.45, 2.75) is 31.9 Å². The van der Waals surface area contributed by atoms with E-state index in [1.54, 1.807) is 0 Å². The van der Waals surface area contributed by atoms with Crippen molar-refractivity contribution in [2.24, 2.45) is 16.6 Å². The van der Waals surface area contributed by atoms with Gasteiger partial charge in [-0.05, 0) is 24.5 Å². The van der Waals surface area contributed by atoms with Crippen LogP contribution in [0, 0.1) is 5.92 Å². The molecule has 3 N–H and O–H groups in total. The molecule has 0 radical (unpaired) electrons. The Morgan fingerprint density at radius 3 is 2.87 bits per heavy atom. The van der Waals surface area contributed by atoms with Crippen molar-refractivity contribution < 1.29 is 0 Å². The lowest BCUT2D eigenvalue weighted by molar-refractivity contribution is 0.659. The van der Waals surface area contributed by atoms with Crippen molar-refractivity contribution in [1.82, 2.24) is 5.32 Å². The average molecular weight is 343 g/mol. The second-order valence-electron chi connectivity index (χ2n) is 4.14. The van der Waals surface area contributed by atoms with Crippen molar-refractivity contribution in [3.8, 4) is 0 Å². The molecule has 0 aliphatic carbocycles. The molecular formula is C10H22IN3S. The molecule has 1 fully saturated rings. The second-order valence-corrected chi connectivity index (χ2v) is 5.54. The lowest BCUT2D eigenvalue weighted by atomic mass is 10.2. The van der Waals surface area contributed by atoms with Gasteiger partial charge in [0.05, 0.1) is 0 Å². The molecule has 1 aliphatic rings. The van der Waals surface area contributed by atoms with Gasteiger partial charge in [0.15, 0.2) is 5.96 Å². The minimum Gasteiger partial charge on any atom is -0.370 e. The van der Waals surface area contributed by atoms with Crippen molar-refractivity contribution in [2.75, 3.05) is 18.8 Å². The largest absolute Gasteiger partial charge is 0.370 e. The smallest absolute Gasteiger partial charge is 0.188 e. The predicted molar refractivity (Wildman–Crippen MR) is 80.2 cm³/mol. The minimum absolute atomic E-state index is 0. The molecule has 1 unspecified atom stereocenters. The first kappa shape index (κ1) is 15.3. The number of guanidine groups is 1. The molecule has 0 aromatic carbocycles. The Hall–Kier alpha value is 0.350. The van der Waals surface area contributed by atoms with E-state index < -0.39 is 0 Å². The highest BCUT2D eigenvalue weighted by Gasteiger charge is 2.14. The van der Waals surface area contributed by atoms with Gasteiger partial charge < -0.3 is 11.1 Å². The highest BCUT2D eigenvalue weighted by molar-refractivity contribution is 14.0. The molecule has 1 saturated heterocycles. The van der Waals surface area contributed by atoms with Crippen LogP contribution < -0.4 is 11.1 Å². The van der Waals surface area contributed by atoms with Gasteiger partial charge >= 0.3 is 0 Å². The Kier molecular flexibility index (Phi) is 8.69. The molecular weight excluding hydrogens is 321 g/mol. The summed E-state index contributed by atoms with van der Waals surface area (Å²) in [6.45, 7) is 6.07. The Labute approximate surface area is 114 Å². The molecule has 1 atom stereocenters. The van der Waals surface area contributed by atoms with E-state index in [1.807, 2.05) is 11.8 Å². The van der Waals surface area contributed by atoms with E-state index in [0.29, 0.717) is 11.9 Å². The fraction of sp³-hybridized carbons (Fsp3) is 0.900. The van der Waals surface area contributed by atoms with Gasteiger partial charge in [-0.25, -0.2) is 0 Å². The molecule has 90 valence electrons. The predicted octanol–water partition coefficient (Wildman–Crippen LogP) is 2.06. The molecule has 0 spiro atoms. The summed E-state index contributed by atoms with van der Waals surface area (Å²) in [5.41, 5.74) is 5.73. The van der Waals surface area contributed by atoms with E-state index in [1.165, 1.54) is 18.6 Å². The van der Waals surface area contributed by atoms with Crippen molar-refractivity contribution in [1.29, 1.82) is 0 Å². The van der Waals surface area contributed by atoms with E-state index >= 15 is 0 Å². The van der Waals surface area contributed by atoms with Crippen LogP contribution in [0.15, 0.2) is 4.99 Å². The molecule has 1 rings (SSSR count). The SMILES string of the molecule is CC(C)CN=C(N)NCC1CCCS1.I. The first-order valence-electron chi connectivity index (χ1n) is 5.34. The third kappa shape index (κ3) is 7.27. The quantitative estimate of drug-likeness (QED) is 0.467. The maximum Gasteiger partial charge on any atom is 0.188 e. The number of nitrogens with zero attached hydrogens (tertiary/aromatic N) is 1. The number of hydrogen-bond donors (Lipinski definition) is 2. The fourth-order valence-corrected chi connectivity index (χ4v) is 2.56. The summed E-state index contributed by atoms with van der Waals surface area (Å²) in [7, 11) is 0. The lowest BCUT2D eigenvalue weighted by Gasteiger charge is -2.10. The summed E-state index contributed by atoms with van der Waals surface area (Å²) in [5.74, 6) is 2.48. The highest BCUT2D eigenvalue weighted by atomic mass is 127. The topological polar surface area (TPSA) is 50.4 Å². The molecule has 15 heavy (non-hydrogen) atoms. The van der Waals surface area contributed by atoms with Crippen molar-refractivity contribution in [3.63, 3.8) is 0 Å². The third-order valence-corrected chi connectivity index (χ3v) is 3.56. The van der Waals surface area contributed by atoms with Gasteiger partial charge in [0.1, 0.15) is 0 Å². The van der Waals surface area contributed by atoms with Gasteiger partial charge in [0.2, 0.25) is 0 Å². The zero-order valence-corrected chi connectivity index (χ0v) is 12.7. The van der Waals surface area contributed by atoms with E-state index in [9.17, 15) is 0 Å². The number of halogens is 1. The van der Waals surface area contributed by atoms with Crippen molar-refractivity contribution in [3.05, 3.63) is 0 Å². The third-order valence-electron chi connectivity index (χ3n) is 2.16. The van der Waals surface area contributed by atoms with E-state index in [-0.39, 0.29) is 24.0 Å². The summed E-state index contributed by atoms with van der Waals surface area (Å²) in [6.07, 6.45) is 2.66. The summed E-state index contributed by atoms with van der Waals surface area (Å²) in [5, 5.41) is 3.93. The van der Waals surface area contributed by atoms with Crippen LogP contribution in [0.25, 0.3) is 0 Å². The van der Waals surface area contributed by atoms with Gasteiger partial charge in [0.25, 0.3) is 0 Å². The monoisotopic (exact) mass is 343 g/mol. The summed E-state index contributed by atoms with van der Waals surface area (Å²) >= 11 is 2.04. The average Bonchev–Trinajstić information content (AvgIpc) is 2.63. The minimum atomic E-state index is 0. The van der Waals surface area contributed by atoms with Gasteiger partial charge in [0, 0.05) is 18.3 Å². The summed E-state index contributed by atoms with van der Waals surface area (Å²) < 4.78 is 0. The van der Waals surface area contributed by atoms with Crippen molar-refractivity contribution >= 4 is 41.7 Å². The standard InChI is InChI=1S/C10H21N3S.HI/c1-8(2)6-12-10(11)13-7-9-4-3-5-14-9;/h8-9H,3-7H2,1-2H3,(H3,11,12,13);1H. The molecule has 0 saturated carbocycles. The van der Waals surface area contributed by atoms with Crippen LogP contribution >= 0.6 is 35.7 Å². The number of nitrogens with one attached hydrogen (secondary N) is 1. The number of nitrogens with two attached hydrogens (primary N) is 1. The first-order valence-corrected chi connectivity index (χ1v) is 6.38. The molecule has 1 aliphatic heterocycles. The van der Waals surface area contributed by atoms with Crippen LogP contribution in [0.5, 0.6) is 0 Å². The fourth-order valence-electron chi connectivity index (χ4n) is 1.36. The van der Waals surface area contributed by atoms with E-state index in [4.69, 9.17) is 5.73 Å². The molecule has 0 amide bonds. The van der Waals surface area contributed by atoms with Crippen LogP contribution in [-0.2, 0) is 0 Å². The number of hydrogen-bond acceptors (Lipinski definition) is 2. The maximum atomic E-state index is 5.73. The molecule has 3 nitrogen and oxygen atoms in total. The van der Waals surface area contributed by atoms with Gasteiger partial charge in [-0.1, -0.05) is 13.8 Å². The Morgan fingerprint density at radius 1 is 1.60 bits per heavy atom. The molecule has 0 aromatic rings. The zero-order valence-electron chi connectivity index (χ0n) is 9.53. The van der Waals surface area contributed by atoms with Gasteiger partial charge in [-0.2, -0.15) is 11.8 Å². The second kappa shape index (κ2) is 8.50. The highest BCUT2D eigenvalue weighted by Crippen LogP contribution is 2.24. The normalized spacial score (nSPS) is 21.5. The molecule has 1 heterocycles. The van der Waals surface area contributed by atoms with Gasteiger partial charge in [-0.3, -0.25) is 4.99 Å². The first-order chi connectivity index (χ1) is 6.68. The van der Waals surface area contributed by atoms with Crippen LogP contribution in [0.4, 0.5) is 0 Å². The Bertz CT molecular complexity index is 191. The van der Waals surface area contributed by atoms with Gasteiger partial charge in [-0.15, -0.1) is 24.0 Å². The van der Waals surface area contributed by atoms with Crippen LogP contribution in [0.3, 0.4) is 0 Å². The molecule has 0 aromatic heterocycles. The van der Waals surface area contributed by atoms with Crippen LogP contribution in [-0.4, -0.2) is 30.1 Å². The van der Waals surface area contributed by atoms with Crippen LogP contribution in [0.1, 0.15) is 26.7 Å². The number of aliphatic imine (C=N–C) groups is 1. The molecule has 5 heteroatoms. The Balaban J connectivity index is 0.00000196. The van der Waals surface area contributed by atoms with E-state index in [2.05, 4.69) is 24.2 Å². The number of thioether (sulfide) groups is 1. The number of rotatable bonds is 4. The summed E-state index contributed by atoms with van der Waals surface area (Å²) in [4.78, 5) is 4.26. The Morgan fingerprint density at radius 2 is 2.33 bits per heavy atom.